The van der Waals surface area contributed by atoms with Crippen molar-refractivity contribution in [2.45, 2.75) is 33.2 Å². The van der Waals surface area contributed by atoms with Crippen LogP contribution in [0.3, 0.4) is 0 Å². The number of nitrogens with one attached hydrogen (secondary N) is 1. The summed E-state index contributed by atoms with van der Waals surface area (Å²) in [6, 6.07) is 4.79. The Hall–Kier alpha value is -3.92. The van der Waals surface area contributed by atoms with Crippen molar-refractivity contribution >= 4 is 33.6 Å². The second kappa shape index (κ2) is 13.2. The predicted molar refractivity (Wildman–Crippen MR) is 131 cm³/mol. The highest BCUT2D eigenvalue weighted by Crippen LogP contribution is 2.25. The first-order valence-corrected chi connectivity index (χ1v) is 11.5. The number of nitrogens with zero attached hydrogens (tertiary/aromatic N) is 3. The third kappa shape index (κ3) is 8.81. The van der Waals surface area contributed by atoms with Gasteiger partial charge in [-0.1, -0.05) is 0 Å². The maximum absolute atomic E-state index is 13.9. The number of anilines is 1. The Kier molecular flexibility index (Phi) is 10.6. The summed E-state index contributed by atoms with van der Waals surface area (Å²) >= 11 is 3.23. The van der Waals surface area contributed by atoms with E-state index in [0.29, 0.717) is 17.1 Å². The van der Waals surface area contributed by atoms with Crippen LogP contribution in [-0.2, 0) is 22.7 Å². The number of carbonyl (C=O) groups is 2. The summed E-state index contributed by atoms with van der Waals surface area (Å²) in [4.78, 5) is 41.9. The monoisotopic (exact) mass is 621 g/mol. The molecule has 3 rings (SSSR count). The summed E-state index contributed by atoms with van der Waals surface area (Å²) in [5.74, 6) is -3.68. The number of aromatic nitrogens is 3. The topological polar surface area (TPSA) is 149 Å². The summed E-state index contributed by atoms with van der Waals surface area (Å²) in [5, 5.41) is 9.73. The van der Waals surface area contributed by atoms with Gasteiger partial charge < -0.3 is 25.5 Å². The molecule has 0 fully saturated rings. The number of hydrogen-bond acceptors (Lipinski definition) is 7. The highest BCUT2D eigenvalue weighted by Gasteiger charge is 2.38. The number of alkyl halides is 3. The first kappa shape index (κ1) is 31.3. The Morgan fingerprint density at radius 1 is 1.18 bits per heavy atom. The Morgan fingerprint density at radius 2 is 1.82 bits per heavy atom. The third-order valence-corrected chi connectivity index (χ3v) is 5.54. The van der Waals surface area contributed by atoms with E-state index >= 15 is 0 Å². The quantitative estimate of drug-likeness (QED) is 0.340. The van der Waals surface area contributed by atoms with Gasteiger partial charge in [0.05, 0.1) is 13.1 Å². The molecule has 1 aromatic carbocycles. The molecule has 2 aromatic heterocycles. The smallest absolute Gasteiger partial charge is 0.487 e. The molecule has 0 aliphatic rings. The van der Waals surface area contributed by atoms with Crippen LogP contribution in [0.5, 0.6) is 5.75 Å². The third-order valence-electron chi connectivity index (χ3n) is 4.81. The van der Waals surface area contributed by atoms with E-state index in [-0.39, 0.29) is 41.3 Å². The molecule has 1 amide bonds. The van der Waals surface area contributed by atoms with Crippen LogP contribution < -0.4 is 21.3 Å². The Morgan fingerprint density at radius 3 is 2.38 bits per heavy atom. The van der Waals surface area contributed by atoms with Crippen LogP contribution in [0.2, 0.25) is 0 Å². The molecule has 0 atom stereocenters. The number of carboxylic acids is 1. The number of nitrogens with two attached hydrogens (primary N) is 1. The molecule has 0 saturated carbocycles. The van der Waals surface area contributed by atoms with Gasteiger partial charge in [0.2, 0.25) is 5.91 Å². The number of rotatable bonds is 7. The number of carbonyl (C=O) groups excluding carboxylic acids is 1. The average molecular weight is 622 g/mol. The lowest BCUT2D eigenvalue weighted by Gasteiger charge is -2.16. The molecule has 2 heterocycles. The van der Waals surface area contributed by atoms with Gasteiger partial charge in [0.25, 0.3) is 5.56 Å². The fraction of sp³-hybridized carbons (Fsp3) is 0.261. The van der Waals surface area contributed by atoms with Crippen LogP contribution in [0.25, 0.3) is 0 Å². The zero-order valence-electron chi connectivity index (χ0n) is 20.3. The van der Waals surface area contributed by atoms with Crippen molar-refractivity contribution < 1.29 is 41.4 Å². The summed E-state index contributed by atoms with van der Waals surface area (Å²) in [7, 11) is 0. The molecule has 10 nitrogen and oxygen atoms in total. The Labute approximate surface area is 225 Å². The predicted octanol–water partition coefficient (Wildman–Crippen LogP) is 3.45. The number of benzene rings is 1. The number of aliphatic carboxylic acids is 1. The average Bonchev–Trinajstić information content (AvgIpc) is 2.85. The molecule has 0 saturated heterocycles. The molecular formula is C23H21BrF5N5O5. The van der Waals surface area contributed by atoms with Crippen LogP contribution in [-0.4, -0.2) is 44.2 Å². The van der Waals surface area contributed by atoms with E-state index in [4.69, 9.17) is 20.4 Å². The van der Waals surface area contributed by atoms with Crippen molar-refractivity contribution in [2.24, 2.45) is 5.73 Å². The second-order valence-electron chi connectivity index (χ2n) is 7.73. The van der Waals surface area contributed by atoms with E-state index in [1.54, 1.807) is 19.9 Å². The molecule has 0 bridgehead atoms. The largest absolute Gasteiger partial charge is 0.490 e. The fourth-order valence-electron chi connectivity index (χ4n) is 2.88. The number of carboxylic acid groups (broad SMARTS) is 1. The van der Waals surface area contributed by atoms with Crippen molar-refractivity contribution in [1.82, 2.24) is 14.5 Å². The van der Waals surface area contributed by atoms with Gasteiger partial charge in [-0.25, -0.2) is 23.5 Å². The zero-order chi connectivity index (χ0) is 29.5. The van der Waals surface area contributed by atoms with Crippen molar-refractivity contribution in [1.29, 1.82) is 0 Å². The van der Waals surface area contributed by atoms with Crippen LogP contribution >= 0.6 is 15.9 Å². The SMILES string of the molecule is Cc1ncc(Cn2c(C)cc(OCc3ccc(F)cc3F)c(Br)c2=O)c(NC(=O)CN)n1.O=C(O)C(F)(F)F. The molecule has 4 N–H and O–H groups in total. The van der Waals surface area contributed by atoms with Gasteiger partial charge in [0, 0.05) is 35.2 Å². The van der Waals surface area contributed by atoms with Gasteiger partial charge in [-0.15, -0.1) is 0 Å². The minimum absolute atomic E-state index is 0.0800. The summed E-state index contributed by atoms with van der Waals surface area (Å²) in [6.07, 6.45) is -3.56. The standard InChI is InChI=1S/C21H20BrF2N5O3.C2HF3O2/c1-11-5-17(32-10-13-3-4-15(23)6-16(13)24)19(22)21(31)29(11)9-14-8-26-12(2)27-20(14)28-18(30)7-25;3-2(4,5)1(6)7/h3-6,8H,7,9-10,25H2,1-2H3,(H,26,27,28,30);(H,6,7). The number of hydrogen-bond donors (Lipinski definition) is 3. The summed E-state index contributed by atoms with van der Waals surface area (Å²) in [5.41, 5.74) is 6.16. The van der Waals surface area contributed by atoms with Crippen LogP contribution in [0.4, 0.5) is 27.8 Å². The molecule has 0 spiro atoms. The number of pyridine rings is 1. The van der Waals surface area contributed by atoms with Crippen molar-refractivity contribution in [3.05, 3.63) is 79.6 Å². The summed E-state index contributed by atoms with van der Waals surface area (Å²) in [6.45, 7) is 3.05. The molecule has 16 heteroatoms. The molecule has 3 aromatic rings. The van der Waals surface area contributed by atoms with Gasteiger partial charge in [0.1, 0.15) is 40.1 Å². The van der Waals surface area contributed by atoms with E-state index in [1.807, 2.05) is 0 Å². The molecular weight excluding hydrogens is 601 g/mol. The zero-order valence-corrected chi connectivity index (χ0v) is 21.9. The van der Waals surface area contributed by atoms with E-state index in [0.717, 1.165) is 12.1 Å². The van der Waals surface area contributed by atoms with E-state index < -0.39 is 35.2 Å². The highest BCUT2D eigenvalue weighted by atomic mass is 79.9. The number of halogens is 6. The van der Waals surface area contributed by atoms with Crippen LogP contribution in [0, 0.1) is 25.5 Å². The van der Waals surface area contributed by atoms with Gasteiger partial charge in [-0.05, 0) is 41.9 Å². The van der Waals surface area contributed by atoms with Crippen LogP contribution in [0.1, 0.15) is 22.6 Å². The Bertz CT molecular complexity index is 1430. The maximum Gasteiger partial charge on any atom is 0.490 e. The minimum Gasteiger partial charge on any atom is -0.487 e. The first-order chi connectivity index (χ1) is 18.1. The van der Waals surface area contributed by atoms with Crippen molar-refractivity contribution in [2.75, 3.05) is 11.9 Å². The first-order valence-electron chi connectivity index (χ1n) is 10.7. The van der Waals surface area contributed by atoms with Gasteiger partial charge in [-0.3, -0.25) is 9.59 Å². The van der Waals surface area contributed by atoms with E-state index in [2.05, 4.69) is 31.2 Å². The van der Waals surface area contributed by atoms with Crippen molar-refractivity contribution in [3.63, 3.8) is 0 Å². The normalized spacial score (nSPS) is 10.9. The van der Waals surface area contributed by atoms with Gasteiger partial charge in [0.15, 0.2) is 0 Å². The Balaban J connectivity index is 0.000000673. The minimum atomic E-state index is -5.08. The number of ether oxygens (including phenoxy) is 1. The van der Waals surface area contributed by atoms with Gasteiger partial charge in [-0.2, -0.15) is 13.2 Å². The maximum atomic E-state index is 13.9. The lowest BCUT2D eigenvalue weighted by Crippen LogP contribution is -2.27. The van der Waals surface area contributed by atoms with Crippen LogP contribution in [0.15, 0.2) is 39.7 Å². The molecule has 210 valence electrons. The molecule has 0 aliphatic heterocycles. The number of aryl methyl sites for hydroxylation is 2. The highest BCUT2D eigenvalue weighted by molar-refractivity contribution is 9.10. The molecule has 39 heavy (non-hydrogen) atoms. The van der Waals surface area contributed by atoms with Gasteiger partial charge >= 0.3 is 12.1 Å². The number of amides is 1. The molecule has 0 aliphatic carbocycles. The molecule has 0 radical (unpaired) electrons. The lowest BCUT2D eigenvalue weighted by molar-refractivity contribution is -0.192. The van der Waals surface area contributed by atoms with Crippen molar-refractivity contribution in [3.8, 4) is 5.75 Å². The fourth-order valence-corrected chi connectivity index (χ4v) is 3.33. The second-order valence-corrected chi connectivity index (χ2v) is 8.52. The lowest BCUT2D eigenvalue weighted by atomic mass is 10.2. The van der Waals surface area contributed by atoms with E-state index in [1.165, 1.54) is 16.8 Å². The van der Waals surface area contributed by atoms with E-state index in [9.17, 15) is 31.5 Å². The molecule has 0 unspecified atom stereocenters. The summed E-state index contributed by atoms with van der Waals surface area (Å²) < 4.78 is 65.8.